The Labute approximate surface area is 199 Å². The second-order valence-electron chi connectivity index (χ2n) is 9.03. The minimum atomic E-state index is -1.18. The minimum absolute atomic E-state index is 0.0306. The Hall–Kier alpha value is -2.74. The highest BCUT2D eigenvalue weighted by molar-refractivity contribution is 5.99. The second-order valence-corrected chi connectivity index (χ2v) is 9.03. The van der Waals surface area contributed by atoms with Gasteiger partial charge in [0.05, 0.1) is 29.8 Å². The third-order valence-corrected chi connectivity index (χ3v) is 6.52. The summed E-state index contributed by atoms with van der Waals surface area (Å²) in [7, 11) is 1.49. The highest BCUT2D eigenvalue weighted by Gasteiger charge is 2.40. The van der Waals surface area contributed by atoms with Gasteiger partial charge in [-0.2, -0.15) is 0 Å². The zero-order valence-electron chi connectivity index (χ0n) is 20.2. The normalized spacial score (nSPS) is 20.1. The number of dihydropyridines is 1. The predicted octanol–water partition coefficient (Wildman–Crippen LogP) is 4.90. The Morgan fingerprint density at radius 2 is 1.65 bits per heavy atom. The van der Waals surface area contributed by atoms with Crippen LogP contribution in [0.2, 0.25) is 0 Å². The summed E-state index contributed by atoms with van der Waals surface area (Å²) in [5.74, 6) is -4.50. The highest BCUT2D eigenvalue weighted by atomic mass is 19.2. The predicted molar refractivity (Wildman–Crippen MR) is 123 cm³/mol. The van der Waals surface area contributed by atoms with Crippen molar-refractivity contribution in [2.45, 2.75) is 64.9 Å². The Kier molecular flexibility index (Phi) is 8.83. The van der Waals surface area contributed by atoms with E-state index in [-0.39, 0.29) is 41.9 Å². The number of rotatable bonds is 8. The molecule has 0 bridgehead atoms. The van der Waals surface area contributed by atoms with Crippen LogP contribution in [0.5, 0.6) is 0 Å². The fourth-order valence-electron chi connectivity index (χ4n) is 4.55. The van der Waals surface area contributed by atoms with Crippen molar-refractivity contribution in [3.05, 3.63) is 57.9 Å². The summed E-state index contributed by atoms with van der Waals surface area (Å²) in [6, 6.07) is 3.71. The van der Waals surface area contributed by atoms with Crippen molar-refractivity contribution in [1.29, 1.82) is 0 Å². The third-order valence-electron chi connectivity index (χ3n) is 6.52. The average Bonchev–Trinajstić information content (AvgIpc) is 2.82. The molecule has 186 valence electrons. The molecule has 2 atom stereocenters. The quantitative estimate of drug-likeness (QED) is 0.537. The van der Waals surface area contributed by atoms with E-state index in [4.69, 9.17) is 14.2 Å². The fourth-order valence-corrected chi connectivity index (χ4v) is 4.55. The number of halogens is 2. The maximum atomic E-state index is 15.0. The number of methoxy groups -OCH3 is 1. The molecule has 1 heterocycles. The van der Waals surface area contributed by atoms with Crippen LogP contribution < -0.4 is 5.32 Å². The van der Waals surface area contributed by atoms with Crippen LogP contribution in [0.15, 0.2) is 40.7 Å². The van der Waals surface area contributed by atoms with Crippen molar-refractivity contribution in [3.63, 3.8) is 0 Å². The lowest BCUT2D eigenvalue weighted by Gasteiger charge is -2.31. The number of benzene rings is 1. The van der Waals surface area contributed by atoms with E-state index in [9.17, 15) is 18.4 Å². The monoisotopic (exact) mass is 477 g/mol. The van der Waals surface area contributed by atoms with Gasteiger partial charge in [-0.25, -0.2) is 18.4 Å². The van der Waals surface area contributed by atoms with Crippen LogP contribution in [-0.2, 0) is 23.8 Å². The molecular formula is C26H33F2NO5. The van der Waals surface area contributed by atoms with Gasteiger partial charge in [0.15, 0.2) is 11.6 Å². The van der Waals surface area contributed by atoms with Gasteiger partial charge in [-0.1, -0.05) is 31.4 Å². The van der Waals surface area contributed by atoms with Crippen molar-refractivity contribution in [2.24, 2.45) is 5.92 Å². The van der Waals surface area contributed by atoms with Crippen LogP contribution >= 0.6 is 0 Å². The summed E-state index contributed by atoms with van der Waals surface area (Å²) < 4.78 is 45.4. The van der Waals surface area contributed by atoms with Crippen LogP contribution in [0.1, 0.15) is 64.4 Å². The average molecular weight is 478 g/mol. The molecule has 0 spiro atoms. The molecule has 1 aliphatic heterocycles. The van der Waals surface area contributed by atoms with Crippen molar-refractivity contribution in [3.8, 4) is 0 Å². The lowest BCUT2D eigenvalue weighted by Crippen LogP contribution is -2.34. The molecule has 1 saturated carbocycles. The first-order valence-corrected chi connectivity index (χ1v) is 11.7. The van der Waals surface area contributed by atoms with Crippen LogP contribution in [0, 0.1) is 17.6 Å². The van der Waals surface area contributed by atoms with Gasteiger partial charge < -0.3 is 19.5 Å². The second kappa shape index (κ2) is 11.6. The molecule has 1 aromatic rings. The Balaban J connectivity index is 1.97. The summed E-state index contributed by atoms with van der Waals surface area (Å²) in [6.45, 7) is 5.24. The molecule has 6 nitrogen and oxygen atoms in total. The number of allylic oxidation sites excluding steroid dienone is 2. The van der Waals surface area contributed by atoms with E-state index in [1.165, 1.54) is 25.7 Å². The van der Waals surface area contributed by atoms with Crippen LogP contribution in [0.4, 0.5) is 8.78 Å². The van der Waals surface area contributed by atoms with Gasteiger partial charge in [0.2, 0.25) is 0 Å². The lowest BCUT2D eigenvalue weighted by atomic mass is 9.80. The van der Waals surface area contributed by atoms with Gasteiger partial charge >= 0.3 is 11.9 Å². The summed E-state index contributed by atoms with van der Waals surface area (Å²) >= 11 is 0. The lowest BCUT2D eigenvalue weighted by molar-refractivity contribution is -0.143. The first-order chi connectivity index (χ1) is 16.2. The smallest absolute Gasteiger partial charge is 0.336 e. The largest absolute Gasteiger partial charge is 0.462 e. The topological polar surface area (TPSA) is 73.9 Å². The van der Waals surface area contributed by atoms with E-state index in [0.29, 0.717) is 11.4 Å². The van der Waals surface area contributed by atoms with Crippen LogP contribution in [0.3, 0.4) is 0 Å². The molecule has 34 heavy (non-hydrogen) atoms. The van der Waals surface area contributed by atoms with E-state index in [2.05, 4.69) is 5.32 Å². The highest BCUT2D eigenvalue weighted by Crippen LogP contribution is 2.41. The number of carbonyl (C=O) groups excluding carboxylic acids is 2. The Bertz CT molecular complexity index is 981. The Morgan fingerprint density at radius 3 is 2.26 bits per heavy atom. The number of nitrogens with one attached hydrogen (secondary N) is 1. The molecule has 1 fully saturated rings. The van der Waals surface area contributed by atoms with Gasteiger partial charge in [0, 0.05) is 24.1 Å². The van der Waals surface area contributed by atoms with Gasteiger partial charge in [0.1, 0.15) is 6.61 Å². The molecule has 2 aliphatic rings. The van der Waals surface area contributed by atoms with Crippen molar-refractivity contribution < 1.29 is 32.6 Å². The standard InChI is InChI=1S/C26H33F2NO5/c1-15(32-4)13-33-25(30)21-16(2)29-17(3)22(23(21)19-11-8-12-20(27)24(19)28)26(31)34-14-18-9-6-5-7-10-18/h8,11-12,15,18,23,29H,5-7,9-10,13-14H2,1-4H3. The molecule has 1 aliphatic carbocycles. The van der Waals surface area contributed by atoms with Crippen molar-refractivity contribution in [1.82, 2.24) is 5.32 Å². The maximum absolute atomic E-state index is 15.0. The third kappa shape index (κ3) is 5.84. The first kappa shape index (κ1) is 25.9. The number of hydrogen-bond donors (Lipinski definition) is 1. The minimum Gasteiger partial charge on any atom is -0.462 e. The maximum Gasteiger partial charge on any atom is 0.336 e. The van der Waals surface area contributed by atoms with E-state index < -0.39 is 29.5 Å². The molecular weight excluding hydrogens is 444 g/mol. The number of esters is 2. The summed E-state index contributed by atoms with van der Waals surface area (Å²) in [4.78, 5) is 26.4. The van der Waals surface area contributed by atoms with Gasteiger partial charge in [0.25, 0.3) is 0 Å². The SMILES string of the molecule is COC(C)COC(=O)C1=C(C)NC(C)=C(C(=O)OCC2CCCCC2)C1c1cccc(F)c1F. The molecule has 8 heteroatoms. The molecule has 0 saturated heterocycles. The summed E-state index contributed by atoms with van der Waals surface area (Å²) in [5.41, 5.74) is 0.781. The summed E-state index contributed by atoms with van der Waals surface area (Å²) in [6.07, 6.45) is 4.99. The summed E-state index contributed by atoms with van der Waals surface area (Å²) in [5, 5.41) is 3.02. The molecule has 1 N–H and O–H groups in total. The molecule has 1 aromatic carbocycles. The molecule has 0 amide bonds. The van der Waals surface area contributed by atoms with Gasteiger partial charge in [-0.3, -0.25) is 0 Å². The Morgan fingerprint density at radius 1 is 1.03 bits per heavy atom. The molecule has 0 aromatic heterocycles. The molecule has 3 rings (SSSR count). The van der Waals surface area contributed by atoms with Crippen molar-refractivity contribution >= 4 is 11.9 Å². The fraction of sp³-hybridized carbons (Fsp3) is 0.538. The van der Waals surface area contributed by atoms with Gasteiger partial charge in [-0.15, -0.1) is 0 Å². The van der Waals surface area contributed by atoms with E-state index in [1.807, 2.05) is 0 Å². The van der Waals surface area contributed by atoms with Gasteiger partial charge in [-0.05, 0) is 45.6 Å². The first-order valence-electron chi connectivity index (χ1n) is 11.7. The van der Waals surface area contributed by atoms with E-state index >= 15 is 0 Å². The zero-order valence-corrected chi connectivity index (χ0v) is 20.2. The van der Waals surface area contributed by atoms with Crippen LogP contribution in [0.25, 0.3) is 0 Å². The van der Waals surface area contributed by atoms with Crippen molar-refractivity contribution in [2.75, 3.05) is 20.3 Å². The van der Waals surface area contributed by atoms with E-state index in [1.54, 1.807) is 20.8 Å². The number of ether oxygens (including phenoxy) is 3. The molecule has 2 unspecified atom stereocenters. The number of carbonyl (C=O) groups is 2. The zero-order chi connectivity index (χ0) is 24.8. The van der Waals surface area contributed by atoms with E-state index in [0.717, 1.165) is 31.7 Å². The van der Waals surface area contributed by atoms with Crippen LogP contribution in [-0.4, -0.2) is 38.4 Å². The number of hydrogen-bond acceptors (Lipinski definition) is 6. The molecule has 0 radical (unpaired) electrons.